The van der Waals surface area contributed by atoms with E-state index < -0.39 is 32.7 Å². The van der Waals surface area contributed by atoms with Crippen LogP contribution in [0, 0.1) is 18.3 Å². The van der Waals surface area contributed by atoms with Crippen molar-refractivity contribution in [2.75, 3.05) is 6.54 Å². The molecule has 0 bridgehead atoms. The SMILES string of the molecule is Cc1c(/N=C2\O[C@H](C(F)(F)F)[C@@H]3[C@H](O[Si](C)(C)C(C)(C)C)CCN23)ccc(C#N)c1Cl. The average molecular weight is 474 g/mol. The molecule has 1 aromatic carbocycles. The van der Waals surface area contributed by atoms with Gasteiger partial charge in [-0.2, -0.15) is 23.4 Å². The summed E-state index contributed by atoms with van der Waals surface area (Å²) in [6.07, 6.45) is -6.69. The summed E-state index contributed by atoms with van der Waals surface area (Å²) in [4.78, 5) is 5.92. The predicted octanol–water partition coefficient (Wildman–Crippen LogP) is 5.93. The molecule has 0 unspecified atom stereocenters. The largest absolute Gasteiger partial charge is 0.450 e. The fraction of sp³-hybridized carbons (Fsp3) is 0.619. The van der Waals surface area contributed by atoms with Crippen molar-refractivity contribution in [3.05, 3.63) is 28.3 Å². The molecule has 170 valence electrons. The van der Waals surface area contributed by atoms with Crippen LogP contribution < -0.4 is 0 Å². The molecule has 10 heteroatoms. The zero-order chi connectivity index (χ0) is 23.4. The number of halogens is 4. The minimum absolute atomic E-state index is 0.0856. The van der Waals surface area contributed by atoms with E-state index in [4.69, 9.17) is 26.0 Å². The van der Waals surface area contributed by atoms with Crippen molar-refractivity contribution in [3.8, 4) is 6.07 Å². The van der Waals surface area contributed by atoms with E-state index in [1.165, 1.54) is 6.07 Å². The maximum absolute atomic E-state index is 13.9. The molecule has 3 atom stereocenters. The molecule has 3 rings (SSSR count). The number of nitriles is 1. The van der Waals surface area contributed by atoms with Crippen LogP contribution in [0.1, 0.15) is 38.3 Å². The first kappa shape index (κ1) is 23.9. The second kappa shape index (κ2) is 7.98. The Morgan fingerprint density at radius 2 is 1.94 bits per heavy atom. The molecule has 2 aliphatic rings. The number of alkyl halides is 3. The highest BCUT2D eigenvalue weighted by Gasteiger charge is 2.61. The van der Waals surface area contributed by atoms with Crippen LogP contribution in [-0.4, -0.2) is 50.2 Å². The first-order valence-corrected chi connectivity index (χ1v) is 13.4. The van der Waals surface area contributed by atoms with Crippen LogP contribution in [0.5, 0.6) is 0 Å². The van der Waals surface area contributed by atoms with E-state index in [1.807, 2.05) is 19.2 Å². The van der Waals surface area contributed by atoms with E-state index in [1.54, 1.807) is 17.9 Å². The minimum Gasteiger partial charge on any atom is -0.450 e. The van der Waals surface area contributed by atoms with Gasteiger partial charge in [0.2, 0.25) is 6.10 Å². The third-order valence-electron chi connectivity index (χ3n) is 6.45. The van der Waals surface area contributed by atoms with E-state index in [2.05, 4.69) is 25.8 Å². The normalized spacial score (nSPS) is 25.5. The van der Waals surface area contributed by atoms with Crippen molar-refractivity contribution >= 4 is 31.6 Å². The third-order valence-corrected chi connectivity index (χ3v) is 11.4. The zero-order valence-electron chi connectivity index (χ0n) is 18.5. The molecule has 2 saturated heterocycles. The second-order valence-corrected chi connectivity index (χ2v) is 14.7. The number of ether oxygens (including phenoxy) is 1. The summed E-state index contributed by atoms with van der Waals surface area (Å²) in [6, 6.07) is 3.96. The van der Waals surface area contributed by atoms with Crippen LogP contribution in [-0.2, 0) is 9.16 Å². The first-order valence-electron chi connectivity index (χ1n) is 10.1. The van der Waals surface area contributed by atoms with Crippen molar-refractivity contribution in [3.63, 3.8) is 0 Å². The van der Waals surface area contributed by atoms with Gasteiger partial charge in [-0.15, -0.1) is 0 Å². The molecule has 1 aromatic rings. The van der Waals surface area contributed by atoms with Gasteiger partial charge in [0.25, 0.3) is 6.02 Å². The molecule has 0 spiro atoms. The highest BCUT2D eigenvalue weighted by molar-refractivity contribution is 6.74. The number of nitrogens with zero attached hydrogens (tertiary/aromatic N) is 3. The van der Waals surface area contributed by atoms with Crippen molar-refractivity contribution in [2.45, 2.75) is 76.7 Å². The second-order valence-electron chi connectivity index (χ2n) is 9.55. The van der Waals surface area contributed by atoms with Crippen molar-refractivity contribution in [2.24, 2.45) is 4.99 Å². The van der Waals surface area contributed by atoms with E-state index in [-0.39, 0.29) is 21.6 Å². The summed E-state index contributed by atoms with van der Waals surface area (Å²) < 4.78 is 53.4. The zero-order valence-corrected chi connectivity index (χ0v) is 20.2. The van der Waals surface area contributed by atoms with Gasteiger partial charge in [-0.1, -0.05) is 32.4 Å². The topological polar surface area (TPSA) is 57.9 Å². The monoisotopic (exact) mass is 473 g/mol. The van der Waals surface area contributed by atoms with Crippen LogP contribution in [0.4, 0.5) is 18.9 Å². The summed E-state index contributed by atoms with van der Waals surface area (Å²) in [5.74, 6) is 0. The lowest BCUT2D eigenvalue weighted by atomic mass is 10.1. The Morgan fingerprint density at radius 3 is 2.48 bits per heavy atom. The van der Waals surface area contributed by atoms with Crippen LogP contribution in [0.2, 0.25) is 23.2 Å². The number of hydrogen-bond donors (Lipinski definition) is 0. The molecule has 31 heavy (non-hydrogen) atoms. The number of rotatable bonds is 3. The molecular formula is C21H27ClF3N3O2Si. The molecule has 0 N–H and O–H groups in total. The summed E-state index contributed by atoms with van der Waals surface area (Å²) in [5, 5.41) is 9.21. The van der Waals surface area contributed by atoms with Gasteiger partial charge in [0.05, 0.1) is 22.4 Å². The third kappa shape index (κ3) is 4.43. The van der Waals surface area contributed by atoms with Gasteiger partial charge < -0.3 is 14.1 Å². The molecule has 5 nitrogen and oxygen atoms in total. The van der Waals surface area contributed by atoms with E-state index in [0.29, 0.717) is 24.2 Å². The lowest BCUT2D eigenvalue weighted by Gasteiger charge is -2.40. The molecule has 0 radical (unpaired) electrons. The van der Waals surface area contributed by atoms with Crippen LogP contribution in [0.25, 0.3) is 0 Å². The summed E-state index contributed by atoms with van der Waals surface area (Å²) >= 11 is 6.19. The summed E-state index contributed by atoms with van der Waals surface area (Å²) in [6.45, 7) is 12.3. The Labute approximate surface area is 186 Å². The molecule has 2 aliphatic heterocycles. The van der Waals surface area contributed by atoms with E-state index in [0.717, 1.165) is 0 Å². The fourth-order valence-corrected chi connectivity index (χ4v) is 5.21. The number of amidine groups is 1. The quantitative estimate of drug-likeness (QED) is 0.510. The average Bonchev–Trinajstić information content (AvgIpc) is 3.19. The molecule has 2 heterocycles. The minimum atomic E-state index is -4.56. The van der Waals surface area contributed by atoms with Crippen LogP contribution in [0.15, 0.2) is 17.1 Å². The Kier molecular flexibility index (Phi) is 6.15. The number of benzene rings is 1. The molecular weight excluding hydrogens is 447 g/mol. The Balaban J connectivity index is 1.97. The standard InChI is InChI=1S/C21H27ClF3N3O2Si/c1-12-14(8-7-13(11-26)16(12)22)27-19-28-10-9-15(30-31(5,6)20(2,3)4)17(28)18(29-19)21(23,24)25/h7-8,15,17-18H,9-10H2,1-6H3/b27-19-/t15-,17+,18+/m1/s1. The Hall–Kier alpha value is -1.76. The predicted molar refractivity (Wildman–Crippen MR) is 116 cm³/mol. The smallest absolute Gasteiger partial charge is 0.427 e. The van der Waals surface area contributed by atoms with Gasteiger partial charge >= 0.3 is 6.18 Å². The lowest BCUT2D eigenvalue weighted by molar-refractivity contribution is -0.203. The maximum atomic E-state index is 13.9. The van der Waals surface area contributed by atoms with Gasteiger partial charge in [0.1, 0.15) is 12.1 Å². The molecule has 0 saturated carbocycles. The van der Waals surface area contributed by atoms with Gasteiger partial charge in [0.15, 0.2) is 8.32 Å². The number of aliphatic imine (C=N–C) groups is 1. The molecule has 2 fully saturated rings. The fourth-order valence-electron chi connectivity index (χ4n) is 3.64. The molecule has 0 aromatic heterocycles. The highest BCUT2D eigenvalue weighted by atomic mass is 35.5. The maximum Gasteiger partial charge on any atom is 0.427 e. The summed E-state index contributed by atoms with van der Waals surface area (Å²) in [7, 11) is -2.28. The van der Waals surface area contributed by atoms with Crippen LogP contribution in [0.3, 0.4) is 0 Å². The van der Waals surface area contributed by atoms with E-state index >= 15 is 0 Å². The molecule has 0 aliphatic carbocycles. The van der Waals surface area contributed by atoms with Gasteiger partial charge in [-0.25, -0.2) is 0 Å². The lowest BCUT2D eigenvalue weighted by Crippen LogP contribution is -2.51. The van der Waals surface area contributed by atoms with Crippen LogP contribution >= 0.6 is 11.6 Å². The van der Waals surface area contributed by atoms with Gasteiger partial charge in [-0.3, -0.25) is 0 Å². The highest BCUT2D eigenvalue weighted by Crippen LogP contribution is 2.44. The van der Waals surface area contributed by atoms with Crippen molar-refractivity contribution in [1.29, 1.82) is 5.26 Å². The number of fused-ring (bicyclic) bond motifs is 1. The van der Waals surface area contributed by atoms with Gasteiger partial charge in [0, 0.05) is 6.54 Å². The number of hydrogen-bond acceptors (Lipinski definition) is 4. The molecule has 0 amide bonds. The van der Waals surface area contributed by atoms with Crippen molar-refractivity contribution < 1.29 is 22.3 Å². The Morgan fingerprint density at radius 1 is 1.29 bits per heavy atom. The Bertz CT molecular complexity index is 938. The van der Waals surface area contributed by atoms with E-state index in [9.17, 15) is 13.2 Å². The van der Waals surface area contributed by atoms with Crippen molar-refractivity contribution in [1.82, 2.24) is 4.90 Å². The van der Waals surface area contributed by atoms with Gasteiger partial charge in [-0.05, 0) is 49.2 Å². The first-order chi connectivity index (χ1) is 14.2. The summed E-state index contributed by atoms with van der Waals surface area (Å²) in [5.41, 5.74) is 1.16.